The van der Waals surface area contributed by atoms with Crippen LogP contribution in [0.15, 0.2) is 57.9 Å². The van der Waals surface area contributed by atoms with E-state index in [1.807, 2.05) is 4.90 Å². The molecule has 1 unspecified atom stereocenters. The number of carbonyl (C=O) groups is 1. The predicted octanol–water partition coefficient (Wildman–Crippen LogP) is 2.60. The van der Waals surface area contributed by atoms with Gasteiger partial charge in [0.15, 0.2) is 0 Å². The van der Waals surface area contributed by atoms with E-state index in [-0.39, 0.29) is 16.6 Å². The van der Waals surface area contributed by atoms with E-state index in [1.165, 1.54) is 25.1 Å². The normalized spacial score (nSPS) is 16.1. The molecule has 0 bridgehead atoms. The summed E-state index contributed by atoms with van der Waals surface area (Å²) in [6.45, 7) is 3.30. The van der Waals surface area contributed by atoms with Crippen molar-refractivity contribution in [1.29, 1.82) is 0 Å². The summed E-state index contributed by atoms with van der Waals surface area (Å²) >= 11 is 3.26. The Morgan fingerprint density at radius 2 is 1.68 bits per heavy atom. The summed E-state index contributed by atoms with van der Waals surface area (Å²) < 4.78 is 42.1. The highest BCUT2D eigenvalue weighted by atomic mass is 79.9. The van der Waals surface area contributed by atoms with Crippen LogP contribution in [-0.2, 0) is 14.8 Å². The van der Waals surface area contributed by atoms with Crippen LogP contribution in [0.25, 0.3) is 0 Å². The number of sulfonamides is 1. The molecule has 1 N–H and O–H groups in total. The Morgan fingerprint density at radius 1 is 1.07 bits per heavy atom. The zero-order valence-electron chi connectivity index (χ0n) is 15.3. The summed E-state index contributed by atoms with van der Waals surface area (Å²) in [6, 6.07) is 11.8. The molecule has 1 amide bonds. The number of rotatable bonds is 5. The van der Waals surface area contributed by atoms with Crippen molar-refractivity contribution in [3.05, 3.63) is 58.8 Å². The Bertz CT molecular complexity index is 945. The van der Waals surface area contributed by atoms with Gasteiger partial charge >= 0.3 is 0 Å². The molecule has 2 aromatic carbocycles. The van der Waals surface area contributed by atoms with Crippen LogP contribution in [0.1, 0.15) is 6.92 Å². The molecule has 1 aliphatic heterocycles. The zero-order chi connectivity index (χ0) is 20.3. The highest BCUT2D eigenvalue weighted by molar-refractivity contribution is 9.10. The number of anilines is 1. The maximum atomic E-state index is 13.9. The quantitative estimate of drug-likeness (QED) is 0.730. The fourth-order valence-corrected chi connectivity index (χ4v) is 4.58. The van der Waals surface area contributed by atoms with Gasteiger partial charge in [0, 0.05) is 30.7 Å². The van der Waals surface area contributed by atoms with Gasteiger partial charge in [0.05, 0.1) is 16.6 Å². The molecule has 9 heteroatoms. The van der Waals surface area contributed by atoms with E-state index in [0.29, 0.717) is 31.9 Å². The number of halogens is 2. The third kappa shape index (κ3) is 4.71. The van der Waals surface area contributed by atoms with Gasteiger partial charge in [-0.1, -0.05) is 28.1 Å². The highest BCUT2D eigenvalue weighted by Crippen LogP contribution is 2.20. The summed E-state index contributed by atoms with van der Waals surface area (Å²) in [5.74, 6) is -0.591. The molecule has 1 aliphatic rings. The Balaban J connectivity index is 1.60. The first kappa shape index (κ1) is 20.8. The molecular formula is C19H21BrFN3O3S. The van der Waals surface area contributed by atoms with Crippen LogP contribution in [0, 0.1) is 5.82 Å². The van der Waals surface area contributed by atoms with Crippen molar-refractivity contribution in [3.63, 3.8) is 0 Å². The molecule has 0 aliphatic carbocycles. The smallest absolute Gasteiger partial charge is 0.241 e. The van der Waals surface area contributed by atoms with Gasteiger partial charge in [-0.2, -0.15) is 4.72 Å². The third-order valence-electron chi connectivity index (χ3n) is 4.61. The van der Waals surface area contributed by atoms with Crippen molar-refractivity contribution in [3.8, 4) is 0 Å². The topological polar surface area (TPSA) is 69.7 Å². The number of amides is 1. The average Bonchev–Trinajstić information content (AvgIpc) is 2.68. The van der Waals surface area contributed by atoms with Crippen LogP contribution in [0.3, 0.4) is 0 Å². The molecule has 1 fully saturated rings. The molecule has 6 nitrogen and oxygen atoms in total. The largest absolute Gasteiger partial charge is 0.366 e. The Hall–Kier alpha value is -1.97. The number of nitrogens with zero attached hydrogens (tertiary/aromatic N) is 2. The molecule has 0 aromatic heterocycles. The summed E-state index contributed by atoms with van der Waals surface area (Å²) in [5.41, 5.74) is 0.513. The first-order valence-electron chi connectivity index (χ1n) is 8.84. The molecular weight excluding hydrogens is 449 g/mol. The molecule has 3 rings (SSSR count). The van der Waals surface area contributed by atoms with Crippen LogP contribution in [0.5, 0.6) is 0 Å². The Morgan fingerprint density at radius 3 is 2.29 bits per heavy atom. The molecule has 2 aromatic rings. The monoisotopic (exact) mass is 469 g/mol. The SMILES string of the molecule is CC(NS(=O)(=O)c1ccc(Br)cc1)C(=O)N1CCN(c2ccccc2F)CC1. The van der Waals surface area contributed by atoms with Gasteiger partial charge in [0.25, 0.3) is 0 Å². The summed E-state index contributed by atoms with van der Waals surface area (Å²) in [4.78, 5) is 16.3. The lowest BCUT2D eigenvalue weighted by molar-refractivity contribution is -0.132. The Kier molecular flexibility index (Phi) is 6.36. The molecule has 0 radical (unpaired) electrons. The second-order valence-corrected chi connectivity index (χ2v) is 9.19. The van der Waals surface area contributed by atoms with Gasteiger partial charge < -0.3 is 9.80 Å². The van der Waals surface area contributed by atoms with Crippen molar-refractivity contribution in [2.75, 3.05) is 31.1 Å². The second kappa shape index (κ2) is 8.59. The number of carbonyl (C=O) groups excluding carboxylic acids is 1. The van der Waals surface area contributed by atoms with Gasteiger partial charge in [-0.05, 0) is 43.3 Å². The fourth-order valence-electron chi connectivity index (χ4n) is 3.11. The van der Waals surface area contributed by atoms with E-state index in [2.05, 4.69) is 20.7 Å². The molecule has 0 saturated carbocycles. The van der Waals surface area contributed by atoms with Crippen molar-refractivity contribution < 1.29 is 17.6 Å². The van der Waals surface area contributed by atoms with E-state index in [1.54, 1.807) is 35.2 Å². The summed E-state index contributed by atoms with van der Waals surface area (Å²) in [7, 11) is -3.80. The molecule has 1 saturated heterocycles. The van der Waals surface area contributed by atoms with Crippen LogP contribution >= 0.6 is 15.9 Å². The lowest BCUT2D eigenvalue weighted by Crippen LogP contribution is -2.54. The van der Waals surface area contributed by atoms with Crippen LogP contribution in [-0.4, -0.2) is 51.4 Å². The summed E-state index contributed by atoms with van der Waals surface area (Å²) in [6.07, 6.45) is 0. The van der Waals surface area contributed by atoms with Crippen molar-refractivity contribution in [2.24, 2.45) is 0 Å². The van der Waals surface area contributed by atoms with E-state index in [0.717, 1.165) is 4.47 Å². The number of hydrogen-bond acceptors (Lipinski definition) is 4. The van der Waals surface area contributed by atoms with Crippen molar-refractivity contribution in [2.45, 2.75) is 17.9 Å². The zero-order valence-corrected chi connectivity index (χ0v) is 17.7. The molecule has 28 heavy (non-hydrogen) atoms. The minimum atomic E-state index is -3.80. The maximum Gasteiger partial charge on any atom is 0.241 e. The number of hydrogen-bond donors (Lipinski definition) is 1. The minimum Gasteiger partial charge on any atom is -0.366 e. The van der Waals surface area contributed by atoms with Crippen LogP contribution < -0.4 is 9.62 Å². The van der Waals surface area contributed by atoms with Crippen LogP contribution in [0.2, 0.25) is 0 Å². The minimum absolute atomic E-state index is 0.0970. The van der Waals surface area contributed by atoms with Crippen LogP contribution in [0.4, 0.5) is 10.1 Å². The molecule has 150 valence electrons. The lowest BCUT2D eigenvalue weighted by Gasteiger charge is -2.37. The third-order valence-corrected chi connectivity index (χ3v) is 6.70. The average molecular weight is 470 g/mol. The van der Waals surface area contributed by atoms with Gasteiger partial charge in [0.2, 0.25) is 15.9 Å². The predicted molar refractivity (Wildman–Crippen MR) is 109 cm³/mol. The van der Waals surface area contributed by atoms with Gasteiger partial charge in [-0.3, -0.25) is 4.79 Å². The number of benzene rings is 2. The first-order chi connectivity index (χ1) is 13.3. The van der Waals surface area contributed by atoms with E-state index in [4.69, 9.17) is 0 Å². The summed E-state index contributed by atoms with van der Waals surface area (Å²) in [5, 5.41) is 0. The fraction of sp³-hybridized carbons (Fsp3) is 0.316. The first-order valence-corrected chi connectivity index (χ1v) is 11.1. The van der Waals surface area contributed by atoms with E-state index in [9.17, 15) is 17.6 Å². The highest BCUT2D eigenvalue weighted by Gasteiger charge is 2.28. The van der Waals surface area contributed by atoms with Gasteiger partial charge in [-0.15, -0.1) is 0 Å². The Labute approximate surface area is 172 Å². The molecule has 1 heterocycles. The van der Waals surface area contributed by atoms with E-state index < -0.39 is 16.1 Å². The standard InChI is InChI=1S/C19H21BrFN3O3S/c1-14(22-28(26,27)16-8-6-15(20)7-9-16)19(25)24-12-10-23(11-13-24)18-5-3-2-4-17(18)21/h2-9,14,22H,10-13H2,1H3. The van der Waals surface area contributed by atoms with E-state index >= 15 is 0 Å². The number of nitrogens with one attached hydrogen (secondary N) is 1. The second-order valence-electron chi connectivity index (χ2n) is 6.56. The molecule has 1 atom stereocenters. The number of para-hydroxylation sites is 1. The van der Waals surface area contributed by atoms with Gasteiger partial charge in [0.1, 0.15) is 5.82 Å². The van der Waals surface area contributed by atoms with Gasteiger partial charge in [-0.25, -0.2) is 12.8 Å². The number of piperazine rings is 1. The van der Waals surface area contributed by atoms with Crippen molar-refractivity contribution >= 4 is 37.5 Å². The molecule has 0 spiro atoms. The maximum absolute atomic E-state index is 13.9. The lowest BCUT2D eigenvalue weighted by atomic mass is 10.2. The van der Waals surface area contributed by atoms with Crippen molar-refractivity contribution in [1.82, 2.24) is 9.62 Å².